The van der Waals surface area contributed by atoms with E-state index in [0.29, 0.717) is 31.0 Å². The number of ether oxygens (including phenoxy) is 1. The van der Waals surface area contributed by atoms with Crippen LogP contribution in [-0.2, 0) is 9.53 Å². The van der Waals surface area contributed by atoms with Gasteiger partial charge < -0.3 is 20.3 Å². The van der Waals surface area contributed by atoms with Gasteiger partial charge in [-0.2, -0.15) is 0 Å². The summed E-state index contributed by atoms with van der Waals surface area (Å²) in [6.07, 6.45) is 2.72. The molecule has 6 nitrogen and oxygen atoms in total. The normalized spacial score (nSPS) is 25.9. The van der Waals surface area contributed by atoms with Crippen LogP contribution >= 0.6 is 0 Å². The molecule has 0 aliphatic carbocycles. The molecule has 1 aromatic rings. The van der Waals surface area contributed by atoms with Gasteiger partial charge in [-0.15, -0.1) is 0 Å². The summed E-state index contributed by atoms with van der Waals surface area (Å²) in [5.41, 5.74) is 1.38. The van der Waals surface area contributed by atoms with Crippen molar-refractivity contribution in [2.75, 3.05) is 31.5 Å². The van der Waals surface area contributed by atoms with E-state index >= 15 is 0 Å². The minimum atomic E-state index is 0.0126. The number of hydrogen-bond donors (Lipinski definition) is 2. The average Bonchev–Trinajstić information content (AvgIpc) is 3.13. The Balaban J connectivity index is 1.51. The predicted octanol–water partition coefficient (Wildman–Crippen LogP) is 2.26. The quantitative estimate of drug-likeness (QED) is 0.846. The highest BCUT2D eigenvalue weighted by molar-refractivity contribution is 5.96. The van der Waals surface area contributed by atoms with Gasteiger partial charge in [0.2, 0.25) is 5.91 Å². The summed E-state index contributed by atoms with van der Waals surface area (Å²) in [5.74, 6) is 0.657. The van der Waals surface area contributed by atoms with Crippen molar-refractivity contribution in [3.05, 3.63) is 29.8 Å². The Labute approximate surface area is 155 Å². The van der Waals surface area contributed by atoms with E-state index in [1.54, 1.807) is 24.3 Å². The lowest BCUT2D eigenvalue weighted by atomic mass is 10.0. The maximum absolute atomic E-state index is 12.7. The fourth-order valence-corrected chi connectivity index (χ4v) is 3.74. The molecule has 3 rings (SSSR count). The number of carbonyl (C=O) groups is 2. The maximum Gasteiger partial charge on any atom is 0.254 e. The van der Waals surface area contributed by atoms with E-state index < -0.39 is 0 Å². The highest BCUT2D eigenvalue weighted by Gasteiger charge is 2.26. The number of rotatable bonds is 5. The SMILES string of the molecule is CC1CN(C(=O)c2ccc(NC(=O)CCC3CCNC3)cc2)CC(C)O1. The largest absolute Gasteiger partial charge is 0.372 e. The van der Waals surface area contributed by atoms with Crippen molar-refractivity contribution in [1.82, 2.24) is 10.2 Å². The topological polar surface area (TPSA) is 70.7 Å². The minimum absolute atomic E-state index is 0.0126. The molecule has 3 unspecified atom stereocenters. The lowest BCUT2D eigenvalue weighted by Gasteiger charge is -2.35. The molecule has 1 aromatic carbocycles. The lowest BCUT2D eigenvalue weighted by Crippen LogP contribution is -2.48. The third-order valence-electron chi connectivity index (χ3n) is 5.06. The first-order valence-corrected chi connectivity index (χ1v) is 9.56. The number of hydrogen-bond acceptors (Lipinski definition) is 4. The summed E-state index contributed by atoms with van der Waals surface area (Å²) < 4.78 is 5.68. The molecule has 2 fully saturated rings. The molecule has 3 atom stereocenters. The van der Waals surface area contributed by atoms with Crippen LogP contribution in [0.4, 0.5) is 5.69 Å². The van der Waals surface area contributed by atoms with Crippen molar-refractivity contribution in [3.63, 3.8) is 0 Å². The van der Waals surface area contributed by atoms with Crippen LogP contribution in [0.5, 0.6) is 0 Å². The zero-order chi connectivity index (χ0) is 18.5. The van der Waals surface area contributed by atoms with E-state index in [2.05, 4.69) is 10.6 Å². The Hall–Kier alpha value is -1.92. The first-order chi connectivity index (χ1) is 12.5. The molecule has 2 heterocycles. The molecule has 2 N–H and O–H groups in total. The van der Waals surface area contributed by atoms with E-state index in [1.165, 1.54) is 0 Å². The summed E-state index contributed by atoms with van der Waals surface area (Å²) in [6.45, 7) is 7.26. The Morgan fingerprint density at radius 1 is 1.19 bits per heavy atom. The zero-order valence-electron chi connectivity index (χ0n) is 15.7. The molecule has 0 saturated carbocycles. The molecule has 6 heteroatoms. The summed E-state index contributed by atoms with van der Waals surface area (Å²) >= 11 is 0. The van der Waals surface area contributed by atoms with Crippen molar-refractivity contribution < 1.29 is 14.3 Å². The molecule has 26 heavy (non-hydrogen) atoms. The van der Waals surface area contributed by atoms with E-state index in [-0.39, 0.29) is 24.0 Å². The maximum atomic E-state index is 12.7. The number of anilines is 1. The first-order valence-electron chi connectivity index (χ1n) is 9.56. The van der Waals surface area contributed by atoms with Gasteiger partial charge in [0, 0.05) is 30.8 Å². The molecule has 2 aliphatic rings. The Morgan fingerprint density at radius 2 is 1.88 bits per heavy atom. The molecule has 0 bridgehead atoms. The van der Waals surface area contributed by atoms with Gasteiger partial charge in [0.1, 0.15) is 0 Å². The second-order valence-electron chi connectivity index (χ2n) is 7.49. The molecule has 142 valence electrons. The van der Waals surface area contributed by atoms with Crippen molar-refractivity contribution in [2.45, 2.75) is 45.3 Å². The fourth-order valence-electron chi connectivity index (χ4n) is 3.74. The molecular formula is C20H29N3O3. The smallest absolute Gasteiger partial charge is 0.254 e. The lowest BCUT2D eigenvalue weighted by molar-refractivity contribution is -0.116. The second-order valence-corrected chi connectivity index (χ2v) is 7.49. The Bertz CT molecular complexity index is 616. The highest BCUT2D eigenvalue weighted by Crippen LogP contribution is 2.18. The fraction of sp³-hybridized carbons (Fsp3) is 0.600. The third-order valence-corrected chi connectivity index (χ3v) is 5.06. The van der Waals surface area contributed by atoms with Crippen LogP contribution in [0.2, 0.25) is 0 Å². The van der Waals surface area contributed by atoms with Gasteiger partial charge in [0.15, 0.2) is 0 Å². The monoisotopic (exact) mass is 359 g/mol. The van der Waals surface area contributed by atoms with Crippen molar-refractivity contribution >= 4 is 17.5 Å². The van der Waals surface area contributed by atoms with E-state index in [9.17, 15) is 9.59 Å². The Kier molecular flexibility index (Phi) is 6.27. The molecular weight excluding hydrogens is 330 g/mol. The number of morpholine rings is 1. The zero-order valence-corrected chi connectivity index (χ0v) is 15.7. The number of amides is 2. The Morgan fingerprint density at radius 3 is 2.50 bits per heavy atom. The van der Waals surface area contributed by atoms with Gasteiger partial charge in [-0.05, 0) is 70.0 Å². The van der Waals surface area contributed by atoms with Crippen LogP contribution in [0.1, 0.15) is 43.5 Å². The van der Waals surface area contributed by atoms with Gasteiger partial charge in [0.25, 0.3) is 5.91 Å². The van der Waals surface area contributed by atoms with Crippen LogP contribution in [0.25, 0.3) is 0 Å². The van der Waals surface area contributed by atoms with Crippen molar-refractivity contribution in [2.24, 2.45) is 5.92 Å². The van der Waals surface area contributed by atoms with Gasteiger partial charge in [-0.3, -0.25) is 9.59 Å². The van der Waals surface area contributed by atoms with Gasteiger partial charge in [-0.25, -0.2) is 0 Å². The number of nitrogens with one attached hydrogen (secondary N) is 2. The highest BCUT2D eigenvalue weighted by atomic mass is 16.5. The number of carbonyl (C=O) groups excluding carboxylic acids is 2. The summed E-state index contributed by atoms with van der Waals surface area (Å²) in [6, 6.07) is 7.17. The second kappa shape index (κ2) is 8.64. The first kappa shape index (κ1) is 18.9. The standard InChI is InChI=1S/C20H29N3O3/c1-14-12-23(13-15(2)26-14)20(25)17-4-6-18(7-5-17)22-19(24)8-3-16-9-10-21-11-16/h4-7,14-16,21H,3,8-13H2,1-2H3,(H,22,24). The van der Waals surface area contributed by atoms with Crippen LogP contribution in [0.15, 0.2) is 24.3 Å². The number of nitrogens with zero attached hydrogens (tertiary/aromatic N) is 1. The van der Waals surface area contributed by atoms with Crippen LogP contribution in [0, 0.1) is 5.92 Å². The molecule has 2 saturated heterocycles. The van der Waals surface area contributed by atoms with Crippen LogP contribution in [0.3, 0.4) is 0 Å². The van der Waals surface area contributed by atoms with Gasteiger partial charge in [-0.1, -0.05) is 0 Å². The molecule has 2 aliphatic heterocycles. The van der Waals surface area contributed by atoms with E-state index in [1.807, 2.05) is 18.7 Å². The van der Waals surface area contributed by atoms with E-state index in [0.717, 1.165) is 31.6 Å². The predicted molar refractivity (Wildman–Crippen MR) is 101 cm³/mol. The summed E-state index contributed by atoms with van der Waals surface area (Å²) in [5, 5.41) is 6.24. The molecule has 0 aromatic heterocycles. The van der Waals surface area contributed by atoms with Crippen LogP contribution < -0.4 is 10.6 Å². The number of benzene rings is 1. The third kappa shape index (κ3) is 5.05. The van der Waals surface area contributed by atoms with Crippen molar-refractivity contribution in [3.8, 4) is 0 Å². The molecule has 0 spiro atoms. The van der Waals surface area contributed by atoms with Crippen LogP contribution in [-0.4, -0.2) is 55.1 Å². The summed E-state index contributed by atoms with van der Waals surface area (Å²) in [4.78, 5) is 26.6. The van der Waals surface area contributed by atoms with Crippen molar-refractivity contribution in [1.29, 1.82) is 0 Å². The minimum Gasteiger partial charge on any atom is -0.372 e. The molecule has 0 radical (unpaired) electrons. The average molecular weight is 359 g/mol. The van der Waals surface area contributed by atoms with E-state index in [4.69, 9.17) is 4.74 Å². The van der Waals surface area contributed by atoms with Gasteiger partial charge in [0.05, 0.1) is 12.2 Å². The summed E-state index contributed by atoms with van der Waals surface area (Å²) in [7, 11) is 0. The van der Waals surface area contributed by atoms with Gasteiger partial charge >= 0.3 is 0 Å². The molecule has 2 amide bonds.